The first-order valence-corrected chi connectivity index (χ1v) is 7.59. The highest BCUT2D eigenvalue weighted by Gasteiger charge is 2.38. The molecule has 2 rings (SSSR count). The third-order valence-electron chi connectivity index (χ3n) is 3.83. The summed E-state index contributed by atoms with van der Waals surface area (Å²) in [6.45, 7) is 10.8. The van der Waals surface area contributed by atoms with Gasteiger partial charge in [-0.15, -0.1) is 0 Å². The van der Waals surface area contributed by atoms with Crippen LogP contribution in [0.25, 0.3) is 0 Å². The lowest BCUT2D eigenvalue weighted by atomic mass is 9.80. The summed E-state index contributed by atoms with van der Waals surface area (Å²) in [5.41, 5.74) is 2.07. The Morgan fingerprint density at radius 2 is 1.62 bits per heavy atom. The van der Waals surface area contributed by atoms with Crippen molar-refractivity contribution < 1.29 is 4.79 Å². The first kappa shape index (κ1) is 15.8. The molecule has 4 heteroatoms. The van der Waals surface area contributed by atoms with Gasteiger partial charge >= 0.3 is 6.03 Å². The van der Waals surface area contributed by atoms with Gasteiger partial charge in [-0.25, -0.2) is 4.79 Å². The molecule has 0 aromatic heterocycles. The highest BCUT2D eigenvalue weighted by molar-refractivity contribution is 5.89. The number of anilines is 1. The van der Waals surface area contributed by atoms with E-state index in [0.717, 1.165) is 18.5 Å². The van der Waals surface area contributed by atoms with Crippen LogP contribution in [0.2, 0.25) is 0 Å². The van der Waals surface area contributed by atoms with Gasteiger partial charge in [0.25, 0.3) is 0 Å². The SMILES string of the molecule is Cc1ccc(NC(=O)NC2CC(C)(C)NC(C)(C)C2)cc1. The van der Waals surface area contributed by atoms with Gasteiger partial charge in [-0.05, 0) is 59.6 Å². The summed E-state index contributed by atoms with van der Waals surface area (Å²) in [7, 11) is 0. The fourth-order valence-electron chi connectivity index (χ4n) is 3.41. The summed E-state index contributed by atoms with van der Waals surface area (Å²) >= 11 is 0. The second kappa shape index (κ2) is 5.68. The lowest BCUT2D eigenvalue weighted by Gasteiger charge is -2.46. The predicted molar refractivity (Wildman–Crippen MR) is 87.6 cm³/mol. The highest BCUT2D eigenvalue weighted by Crippen LogP contribution is 2.28. The van der Waals surface area contributed by atoms with Gasteiger partial charge in [0.05, 0.1) is 0 Å². The van der Waals surface area contributed by atoms with Crippen LogP contribution in [0.1, 0.15) is 46.1 Å². The minimum absolute atomic E-state index is 0.0313. The zero-order valence-corrected chi connectivity index (χ0v) is 13.7. The van der Waals surface area contributed by atoms with Crippen LogP contribution >= 0.6 is 0 Å². The van der Waals surface area contributed by atoms with Gasteiger partial charge in [-0.3, -0.25) is 0 Å². The number of carbonyl (C=O) groups excluding carboxylic acids is 1. The van der Waals surface area contributed by atoms with Crippen molar-refractivity contribution in [1.29, 1.82) is 0 Å². The molecule has 0 unspecified atom stereocenters. The molecule has 1 heterocycles. The lowest BCUT2D eigenvalue weighted by molar-refractivity contribution is 0.149. The van der Waals surface area contributed by atoms with E-state index in [1.54, 1.807) is 0 Å². The molecule has 0 radical (unpaired) electrons. The van der Waals surface area contributed by atoms with Gasteiger partial charge in [0.15, 0.2) is 0 Å². The molecule has 1 saturated heterocycles. The van der Waals surface area contributed by atoms with E-state index < -0.39 is 0 Å². The molecule has 0 spiro atoms. The summed E-state index contributed by atoms with van der Waals surface area (Å²) in [5.74, 6) is 0. The van der Waals surface area contributed by atoms with Gasteiger partial charge in [0.2, 0.25) is 0 Å². The molecule has 2 amide bonds. The fraction of sp³-hybridized carbons (Fsp3) is 0.588. The van der Waals surface area contributed by atoms with Crippen LogP contribution in [-0.4, -0.2) is 23.2 Å². The predicted octanol–water partition coefficient (Wildman–Crippen LogP) is 3.43. The number of aryl methyl sites for hydroxylation is 1. The Kier molecular flexibility index (Phi) is 4.28. The summed E-state index contributed by atoms with van der Waals surface area (Å²) in [6, 6.07) is 7.88. The molecular formula is C17H27N3O. The fourth-order valence-corrected chi connectivity index (χ4v) is 3.41. The molecule has 0 atom stereocenters. The molecule has 4 nitrogen and oxygen atoms in total. The first-order valence-electron chi connectivity index (χ1n) is 7.59. The zero-order valence-electron chi connectivity index (χ0n) is 13.7. The number of hydrogen-bond donors (Lipinski definition) is 3. The average molecular weight is 289 g/mol. The van der Waals surface area contributed by atoms with Crippen LogP contribution < -0.4 is 16.0 Å². The van der Waals surface area contributed by atoms with E-state index in [1.165, 1.54) is 5.56 Å². The Bertz CT molecular complexity index is 489. The average Bonchev–Trinajstić information content (AvgIpc) is 2.27. The third kappa shape index (κ3) is 4.74. The van der Waals surface area contributed by atoms with Crippen molar-refractivity contribution in [3.8, 4) is 0 Å². The Morgan fingerprint density at radius 3 is 2.14 bits per heavy atom. The molecule has 3 N–H and O–H groups in total. The van der Waals surface area contributed by atoms with Gasteiger partial charge in [0, 0.05) is 22.8 Å². The van der Waals surface area contributed by atoms with Crippen LogP contribution in [0.4, 0.5) is 10.5 Å². The number of hydrogen-bond acceptors (Lipinski definition) is 2. The van der Waals surface area contributed by atoms with Gasteiger partial charge in [0.1, 0.15) is 0 Å². The minimum Gasteiger partial charge on any atom is -0.335 e. The van der Waals surface area contributed by atoms with Crippen LogP contribution in [0, 0.1) is 6.92 Å². The number of benzene rings is 1. The van der Waals surface area contributed by atoms with Crippen LogP contribution in [-0.2, 0) is 0 Å². The summed E-state index contributed by atoms with van der Waals surface area (Å²) in [4.78, 5) is 12.1. The minimum atomic E-state index is -0.127. The molecular weight excluding hydrogens is 262 g/mol. The molecule has 21 heavy (non-hydrogen) atoms. The Hall–Kier alpha value is -1.55. The number of urea groups is 1. The monoisotopic (exact) mass is 289 g/mol. The van der Waals surface area contributed by atoms with Crippen molar-refractivity contribution in [1.82, 2.24) is 10.6 Å². The van der Waals surface area contributed by atoms with E-state index in [2.05, 4.69) is 43.6 Å². The van der Waals surface area contributed by atoms with Crippen molar-refractivity contribution in [2.24, 2.45) is 0 Å². The van der Waals surface area contributed by atoms with Crippen molar-refractivity contribution in [3.63, 3.8) is 0 Å². The Balaban J connectivity index is 1.94. The maximum Gasteiger partial charge on any atom is 0.319 e. The highest BCUT2D eigenvalue weighted by atomic mass is 16.2. The van der Waals surface area contributed by atoms with E-state index in [9.17, 15) is 4.79 Å². The van der Waals surface area contributed by atoms with Crippen LogP contribution in [0.5, 0.6) is 0 Å². The van der Waals surface area contributed by atoms with Gasteiger partial charge < -0.3 is 16.0 Å². The third-order valence-corrected chi connectivity index (χ3v) is 3.83. The van der Waals surface area contributed by atoms with Crippen molar-refractivity contribution in [3.05, 3.63) is 29.8 Å². The van der Waals surface area contributed by atoms with E-state index >= 15 is 0 Å². The van der Waals surface area contributed by atoms with Gasteiger partial charge in [-0.2, -0.15) is 0 Å². The summed E-state index contributed by atoms with van der Waals surface area (Å²) < 4.78 is 0. The van der Waals surface area contributed by atoms with E-state index in [-0.39, 0.29) is 23.2 Å². The number of carbonyl (C=O) groups is 1. The number of rotatable bonds is 2. The zero-order chi connectivity index (χ0) is 15.7. The number of amides is 2. The smallest absolute Gasteiger partial charge is 0.319 e. The molecule has 0 saturated carbocycles. The Labute approximate surface area is 127 Å². The molecule has 1 aliphatic heterocycles. The molecule has 0 bridgehead atoms. The molecule has 1 aromatic carbocycles. The number of piperidine rings is 1. The quantitative estimate of drug-likeness (QED) is 0.781. The lowest BCUT2D eigenvalue weighted by Crippen LogP contribution is -2.62. The maximum atomic E-state index is 12.1. The second-order valence-corrected chi connectivity index (χ2v) is 7.46. The molecule has 1 aliphatic rings. The first-order chi connectivity index (χ1) is 9.65. The second-order valence-electron chi connectivity index (χ2n) is 7.46. The number of nitrogens with one attached hydrogen (secondary N) is 3. The summed E-state index contributed by atoms with van der Waals surface area (Å²) in [6.07, 6.45) is 1.86. The normalized spacial score (nSPS) is 20.8. The largest absolute Gasteiger partial charge is 0.335 e. The van der Waals surface area contributed by atoms with E-state index in [4.69, 9.17) is 0 Å². The molecule has 116 valence electrons. The van der Waals surface area contributed by atoms with Gasteiger partial charge in [-0.1, -0.05) is 17.7 Å². The topological polar surface area (TPSA) is 53.2 Å². The van der Waals surface area contributed by atoms with Crippen molar-refractivity contribution in [2.45, 2.75) is 64.6 Å². The van der Waals surface area contributed by atoms with Crippen molar-refractivity contribution >= 4 is 11.7 Å². The molecule has 0 aliphatic carbocycles. The standard InChI is InChI=1S/C17H27N3O/c1-12-6-8-13(9-7-12)18-15(21)19-14-10-16(2,3)20-17(4,5)11-14/h6-9,14,20H,10-11H2,1-5H3,(H2,18,19,21). The van der Waals surface area contributed by atoms with Crippen LogP contribution in [0.3, 0.4) is 0 Å². The molecule has 1 fully saturated rings. The van der Waals surface area contributed by atoms with Crippen LogP contribution in [0.15, 0.2) is 24.3 Å². The molecule has 1 aromatic rings. The Morgan fingerprint density at radius 1 is 1.10 bits per heavy atom. The summed E-state index contributed by atoms with van der Waals surface area (Å²) in [5, 5.41) is 9.62. The maximum absolute atomic E-state index is 12.1. The van der Waals surface area contributed by atoms with E-state index in [0.29, 0.717) is 0 Å². The van der Waals surface area contributed by atoms with Crippen molar-refractivity contribution in [2.75, 3.05) is 5.32 Å². The van der Waals surface area contributed by atoms with E-state index in [1.807, 2.05) is 31.2 Å².